The van der Waals surface area contributed by atoms with Crippen LogP contribution in [0, 0.1) is 11.3 Å². The second kappa shape index (κ2) is 6.36. The fourth-order valence-corrected chi connectivity index (χ4v) is 4.22. The van der Waals surface area contributed by atoms with Gasteiger partial charge >= 0.3 is 0 Å². The van der Waals surface area contributed by atoms with Gasteiger partial charge in [0.25, 0.3) is 0 Å². The van der Waals surface area contributed by atoms with Crippen LogP contribution in [0.4, 0.5) is 0 Å². The van der Waals surface area contributed by atoms with Crippen molar-refractivity contribution < 1.29 is 0 Å². The Morgan fingerprint density at radius 3 is 2.25 bits per heavy atom. The van der Waals surface area contributed by atoms with Crippen molar-refractivity contribution in [1.29, 1.82) is 5.26 Å². The van der Waals surface area contributed by atoms with E-state index in [9.17, 15) is 0 Å². The normalized spacial score (nSPS) is 11.4. The van der Waals surface area contributed by atoms with Gasteiger partial charge in [-0.2, -0.15) is 5.26 Å². The Bertz CT molecular complexity index is 619. The van der Waals surface area contributed by atoms with Crippen molar-refractivity contribution in [3.05, 3.63) is 77.0 Å². The average molecular weight is 277 g/mol. The molecule has 0 unspecified atom stereocenters. The first kappa shape index (κ1) is 14.3. The SMILES string of the molecule is C[Si](C)(/C=C/c1ccc(C#N)cc1)Cc1ccccc1. The van der Waals surface area contributed by atoms with Crippen molar-refractivity contribution in [1.82, 2.24) is 0 Å². The van der Waals surface area contributed by atoms with Gasteiger partial charge in [0, 0.05) is 0 Å². The Hall–Kier alpha value is -2.11. The van der Waals surface area contributed by atoms with Crippen LogP contribution in [-0.2, 0) is 6.04 Å². The van der Waals surface area contributed by atoms with Gasteiger partial charge in [-0.25, -0.2) is 0 Å². The molecule has 100 valence electrons. The van der Waals surface area contributed by atoms with Gasteiger partial charge in [-0.15, -0.1) is 0 Å². The second-order valence-electron chi connectivity index (χ2n) is 5.72. The Morgan fingerprint density at radius 2 is 1.65 bits per heavy atom. The number of hydrogen-bond donors (Lipinski definition) is 0. The molecular formula is C18H19NSi. The van der Waals surface area contributed by atoms with Crippen molar-refractivity contribution >= 4 is 14.1 Å². The molecule has 2 heteroatoms. The summed E-state index contributed by atoms with van der Waals surface area (Å²) in [6.45, 7) is 4.75. The van der Waals surface area contributed by atoms with E-state index >= 15 is 0 Å². The van der Waals surface area contributed by atoms with Crippen LogP contribution in [0.5, 0.6) is 0 Å². The van der Waals surface area contributed by atoms with Crippen LogP contribution in [-0.4, -0.2) is 8.07 Å². The summed E-state index contributed by atoms with van der Waals surface area (Å²) < 4.78 is 0. The van der Waals surface area contributed by atoms with Crippen molar-refractivity contribution in [3.8, 4) is 6.07 Å². The Kier molecular flexibility index (Phi) is 4.55. The second-order valence-corrected chi connectivity index (χ2v) is 10.4. The minimum Gasteiger partial charge on any atom is -0.192 e. The molecule has 0 bridgehead atoms. The summed E-state index contributed by atoms with van der Waals surface area (Å²) in [5.74, 6) is 0. The van der Waals surface area contributed by atoms with Crippen LogP contribution in [0.1, 0.15) is 16.7 Å². The summed E-state index contributed by atoms with van der Waals surface area (Å²) >= 11 is 0. The van der Waals surface area contributed by atoms with E-state index in [4.69, 9.17) is 5.26 Å². The first-order valence-corrected chi connectivity index (χ1v) is 10.1. The lowest BCUT2D eigenvalue weighted by molar-refractivity contribution is 1.33. The minimum absolute atomic E-state index is 0.711. The molecule has 0 aromatic heterocycles. The van der Waals surface area contributed by atoms with Crippen LogP contribution < -0.4 is 0 Å². The van der Waals surface area contributed by atoms with Crippen molar-refractivity contribution in [2.45, 2.75) is 19.1 Å². The summed E-state index contributed by atoms with van der Waals surface area (Å²) in [7, 11) is -1.39. The largest absolute Gasteiger partial charge is 0.192 e. The first-order valence-electron chi connectivity index (χ1n) is 6.82. The van der Waals surface area contributed by atoms with E-state index in [0.29, 0.717) is 5.56 Å². The fraction of sp³-hybridized carbons (Fsp3) is 0.167. The van der Waals surface area contributed by atoms with Gasteiger partial charge in [0.2, 0.25) is 0 Å². The Balaban J connectivity index is 2.06. The predicted molar refractivity (Wildman–Crippen MR) is 87.8 cm³/mol. The zero-order valence-electron chi connectivity index (χ0n) is 12.0. The lowest BCUT2D eigenvalue weighted by Crippen LogP contribution is -2.26. The molecular weight excluding hydrogens is 258 g/mol. The summed E-state index contributed by atoms with van der Waals surface area (Å²) in [4.78, 5) is 0. The molecule has 20 heavy (non-hydrogen) atoms. The third kappa shape index (κ3) is 4.22. The van der Waals surface area contributed by atoms with E-state index in [1.807, 2.05) is 24.3 Å². The Morgan fingerprint density at radius 1 is 1.00 bits per heavy atom. The summed E-state index contributed by atoms with van der Waals surface area (Å²) in [6.07, 6.45) is 2.19. The average Bonchev–Trinajstić information content (AvgIpc) is 2.46. The maximum Gasteiger partial charge on any atom is 0.0991 e. The monoisotopic (exact) mass is 277 g/mol. The van der Waals surface area contributed by atoms with Crippen LogP contribution in [0.3, 0.4) is 0 Å². The highest BCUT2D eigenvalue weighted by Gasteiger charge is 2.17. The van der Waals surface area contributed by atoms with Gasteiger partial charge in [-0.3, -0.25) is 0 Å². The molecule has 0 heterocycles. The molecule has 0 radical (unpaired) electrons. The molecule has 2 rings (SSSR count). The molecule has 2 aromatic rings. The van der Waals surface area contributed by atoms with Gasteiger partial charge in [0.05, 0.1) is 19.7 Å². The van der Waals surface area contributed by atoms with Crippen LogP contribution >= 0.6 is 0 Å². The molecule has 0 fully saturated rings. The summed E-state index contributed by atoms with van der Waals surface area (Å²) in [5.41, 5.74) is 5.66. The molecule has 0 aliphatic rings. The van der Waals surface area contributed by atoms with Crippen molar-refractivity contribution in [3.63, 3.8) is 0 Å². The van der Waals surface area contributed by atoms with Gasteiger partial charge in [0.1, 0.15) is 0 Å². The molecule has 0 amide bonds. The smallest absolute Gasteiger partial charge is 0.0991 e. The van der Waals surface area contributed by atoms with E-state index < -0.39 is 8.07 Å². The minimum atomic E-state index is -1.39. The highest BCUT2D eigenvalue weighted by Crippen LogP contribution is 2.15. The van der Waals surface area contributed by atoms with Gasteiger partial charge in [-0.05, 0) is 23.7 Å². The standard InChI is InChI=1S/C18H19NSi/c1-20(2,15-18-6-4-3-5-7-18)13-12-16-8-10-17(14-19)11-9-16/h3-13H,15H2,1-2H3/b13-12+. The first-order chi connectivity index (χ1) is 9.59. The predicted octanol–water partition coefficient (Wildman–Crippen LogP) is 4.60. The number of rotatable bonds is 4. The quantitative estimate of drug-likeness (QED) is 0.749. The van der Waals surface area contributed by atoms with Crippen LogP contribution in [0.15, 0.2) is 60.3 Å². The maximum atomic E-state index is 8.79. The van der Waals surface area contributed by atoms with Gasteiger partial charge in [0.15, 0.2) is 0 Å². The molecule has 0 spiro atoms. The molecule has 2 aromatic carbocycles. The third-order valence-corrected chi connectivity index (χ3v) is 5.66. The number of benzene rings is 2. The number of hydrogen-bond acceptors (Lipinski definition) is 1. The summed E-state index contributed by atoms with van der Waals surface area (Å²) in [6, 6.07) is 21.7. The molecule has 0 aliphatic heterocycles. The Labute approximate surface area is 122 Å². The van der Waals surface area contributed by atoms with Gasteiger partial charge in [-0.1, -0.05) is 72.9 Å². The van der Waals surface area contributed by atoms with Crippen LogP contribution in [0.25, 0.3) is 6.08 Å². The lowest BCUT2D eigenvalue weighted by Gasteiger charge is -2.17. The lowest BCUT2D eigenvalue weighted by atomic mass is 10.1. The van der Waals surface area contributed by atoms with Crippen molar-refractivity contribution in [2.75, 3.05) is 0 Å². The van der Waals surface area contributed by atoms with E-state index in [1.54, 1.807) is 0 Å². The fourth-order valence-electron chi connectivity index (χ4n) is 2.17. The van der Waals surface area contributed by atoms with E-state index in [2.05, 4.69) is 61.3 Å². The number of nitrogens with zero attached hydrogens (tertiary/aromatic N) is 1. The number of nitriles is 1. The van der Waals surface area contributed by atoms with Crippen molar-refractivity contribution in [2.24, 2.45) is 0 Å². The molecule has 0 saturated carbocycles. The summed E-state index contributed by atoms with van der Waals surface area (Å²) in [5, 5.41) is 8.79. The highest BCUT2D eigenvalue weighted by molar-refractivity contribution is 6.82. The topological polar surface area (TPSA) is 23.8 Å². The van der Waals surface area contributed by atoms with E-state index in [-0.39, 0.29) is 0 Å². The van der Waals surface area contributed by atoms with Gasteiger partial charge < -0.3 is 0 Å². The van der Waals surface area contributed by atoms with E-state index in [1.165, 1.54) is 5.56 Å². The molecule has 0 saturated heterocycles. The molecule has 0 atom stereocenters. The van der Waals surface area contributed by atoms with Crippen LogP contribution in [0.2, 0.25) is 13.1 Å². The zero-order valence-corrected chi connectivity index (χ0v) is 13.0. The molecule has 1 nitrogen and oxygen atoms in total. The molecule has 0 aliphatic carbocycles. The highest BCUT2D eigenvalue weighted by atomic mass is 28.3. The maximum absolute atomic E-state index is 8.79. The molecule has 0 N–H and O–H groups in total. The van der Waals surface area contributed by atoms with E-state index in [0.717, 1.165) is 11.6 Å². The zero-order chi connectivity index (χ0) is 14.4. The third-order valence-electron chi connectivity index (χ3n) is 3.27.